The number of aliphatic hydroxyl groups excluding tert-OH is 1. The molecule has 1 amide bonds. The summed E-state index contributed by atoms with van der Waals surface area (Å²) in [6.07, 6.45) is 57.5. The first-order valence-corrected chi connectivity index (χ1v) is 27.4. The highest BCUT2D eigenvalue weighted by molar-refractivity contribution is 7.45. The minimum Gasteiger partial charge on any atom is -0.756 e. The Morgan fingerprint density at radius 3 is 1.44 bits per heavy atom. The van der Waals surface area contributed by atoms with Crippen LogP contribution in [0, 0.1) is 0 Å². The number of likely N-dealkylation sites (N-methyl/N-ethyl adjacent to an activating group) is 1. The average Bonchev–Trinajstić information content (AvgIpc) is 3.23. The van der Waals surface area contributed by atoms with Crippen molar-refractivity contribution >= 4 is 13.7 Å². The van der Waals surface area contributed by atoms with E-state index in [1.807, 2.05) is 21.1 Å². The largest absolute Gasteiger partial charge is 0.756 e. The molecule has 0 aliphatic rings. The van der Waals surface area contributed by atoms with Crippen molar-refractivity contribution in [3.63, 3.8) is 0 Å². The van der Waals surface area contributed by atoms with Crippen LogP contribution in [0.5, 0.6) is 0 Å². The SMILES string of the molecule is CC/C=C\C/C=C\C/C=C\C/C=C\CCCCCCCCCCCCCCCCCCCCCCC(=O)NC(COP(=O)([O-])OCC[N+](C)(C)C)C(O)CCCCCCCCC. The van der Waals surface area contributed by atoms with Crippen LogP contribution in [0.3, 0.4) is 0 Å². The van der Waals surface area contributed by atoms with E-state index in [1.165, 1.54) is 141 Å². The van der Waals surface area contributed by atoms with E-state index in [0.29, 0.717) is 23.9 Å². The van der Waals surface area contributed by atoms with Gasteiger partial charge in [-0.25, -0.2) is 0 Å². The Morgan fingerprint density at radius 1 is 0.581 bits per heavy atom. The zero-order valence-electron chi connectivity index (χ0n) is 41.3. The maximum Gasteiger partial charge on any atom is 0.268 e. The van der Waals surface area contributed by atoms with Crippen LogP contribution in [0.25, 0.3) is 0 Å². The van der Waals surface area contributed by atoms with Crippen molar-refractivity contribution < 1.29 is 32.9 Å². The van der Waals surface area contributed by atoms with Gasteiger partial charge in [0.15, 0.2) is 0 Å². The maximum absolute atomic E-state index is 12.8. The third-order valence-electron chi connectivity index (χ3n) is 11.6. The molecule has 364 valence electrons. The zero-order chi connectivity index (χ0) is 45.7. The summed E-state index contributed by atoms with van der Waals surface area (Å²) in [7, 11) is 1.31. The third kappa shape index (κ3) is 46.5. The number of carbonyl (C=O) groups excluding carboxylic acids is 1. The van der Waals surface area contributed by atoms with Gasteiger partial charge in [-0.05, 0) is 51.4 Å². The Kier molecular flexibility index (Phi) is 43.5. The van der Waals surface area contributed by atoms with Crippen LogP contribution in [-0.4, -0.2) is 68.5 Å². The molecule has 0 aromatic carbocycles. The van der Waals surface area contributed by atoms with Gasteiger partial charge in [0.25, 0.3) is 7.82 Å². The summed E-state index contributed by atoms with van der Waals surface area (Å²) in [4.78, 5) is 25.3. The van der Waals surface area contributed by atoms with Crippen molar-refractivity contribution in [2.24, 2.45) is 0 Å². The lowest BCUT2D eigenvalue weighted by Crippen LogP contribution is -2.46. The number of allylic oxidation sites excluding steroid dienone is 8. The molecule has 0 radical (unpaired) electrons. The van der Waals surface area contributed by atoms with Gasteiger partial charge < -0.3 is 28.8 Å². The minimum atomic E-state index is -4.55. The highest BCUT2D eigenvalue weighted by Gasteiger charge is 2.24. The van der Waals surface area contributed by atoms with Gasteiger partial charge in [-0.15, -0.1) is 0 Å². The summed E-state index contributed by atoms with van der Waals surface area (Å²) >= 11 is 0. The van der Waals surface area contributed by atoms with Crippen molar-refractivity contribution in [1.29, 1.82) is 0 Å². The van der Waals surface area contributed by atoms with Crippen LogP contribution >= 0.6 is 7.82 Å². The van der Waals surface area contributed by atoms with Crippen molar-refractivity contribution in [3.05, 3.63) is 48.6 Å². The number of carbonyl (C=O) groups is 1. The van der Waals surface area contributed by atoms with E-state index in [1.54, 1.807) is 0 Å². The van der Waals surface area contributed by atoms with E-state index in [9.17, 15) is 19.4 Å². The van der Waals surface area contributed by atoms with Gasteiger partial charge in [0.1, 0.15) is 13.2 Å². The molecule has 8 nitrogen and oxygen atoms in total. The van der Waals surface area contributed by atoms with Crippen LogP contribution in [-0.2, 0) is 18.4 Å². The monoisotopic (exact) mass is 893 g/mol. The first-order chi connectivity index (χ1) is 30.0. The van der Waals surface area contributed by atoms with Crippen molar-refractivity contribution in [2.45, 2.75) is 244 Å². The van der Waals surface area contributed by atoms with Crippen molar-refractivity contribution in [1.82, 2.24) is 5.32 Å². The minimum absolute atomic E-state index is 0.0123. The molecule has 0 spiro atoms. The number of unbranched alkanes of at least 4 members (excludes halogenated alkanes) is 26. The first kappa shape index (κ1) is 60.5. The van der Waals surface area contributed by atoms with E-state index >= 15 is 0 Å². The summed E-state index contributed by atoms with van der Waals surface area (Å²) in [6, 6.07) is -0.796. The number of amides is 1. The number of quaternary nitrogens is 1. The number of rotatable bonds is 47. The Labute approximate surface area is 384 Å². The smallest absolute Gasteiger partial charge is 0.268 e. The number of nitrogens with zero attached hydrogens (tertiary/aromatic N) is 1. The van der Waals surface area contributed by atoms with Crippen LogP contribution in [0.4, 0.5) is 0 Å². The van der Waals surface area contributed by atoms with Crippen molar-refractivity contribution in [3.8, 4) is 0 Å². The van der Waals surface area contributed by atoms with E-state index in [0.717, 1.165) is 64.2 Å². The predicted molar refractivity (Wildman–Crippen MR) is 265 cm³/mol. The number of aliphatic hydroxyl groups is 1. The summed E-state index contributed by atoms with van der Waals surface area (Å²) < 4.78 is 23.2. The fourth-order valence-corrected chi connectivity index (χ4v) is 8.23. The van der Waals surface area contributed by atoms with Gasteiger partial charge in [0.2, 0.25) is 5.91 Å². The molecule has 3 unspecified atom stereocenters. The lowest BCUT2D eigenvalue weighted by Gasteiger charge is -2.30. The standard InChI is InChI=1S/C53H101N2O6P/c1-6-8-10-12-14-15-16-17-18-19-20-21-22-23-24-25-26-27-28-29-30-31-32-33-34-35-36-37-38-39-41-43-45-47-53(57)54-51(52(56)46-44-42-40-13-11-9-7-2)50-61-62(58,59)60-49-48-55(3,4)5/h8,10,14-15,17-18,20-21,51-52,56H,6-7,9,11-13,16,19,22-50H2,1-5H3,(H-,54,57,58,59)/b10-8-,15-14-,18-17-,21-20-. The molecule has 0 bridgehead atoms. The predicted octanol–water partition coefficient (Wildman–Crippen LogP) is 14.6. The molecule has 0 aromatic heterocycles. The van der Waals surface area contributed by atoms with E-state index in [2.05, 4.69) is 67.8 Å². The molecule has 0 aromatic rings. The highest BCUT2D eigenvalue weighted by atomic mass is 31.2. The second-order valence-corrected chi connectivity index (χ2v) is 20.3. The van der Waals surface area contributed by atoms with E-state index < -0.39 is 20.0 Å². The molecule has 2 N–H and O–H groups in total. The molecule has 0 aliphatic heterocycles. The second kappa shape index (κ2) is 44.7. The highest BCUT2D eigenvalue weighted by Crippen LogP contribution is 2.38. The first-order valence-electron chi connectivity index (χ1n) is 26.0. The second-order valence-electron chi connectivity index (χ2n) is 18.9. The Bertz CT molecular complexity index is 1150. The van der Waals surface area contributed by atoms with Crippen LogP contribution in [0.1, 0.15) is 232 Å². The molecule has 9 heteroatoms. The number of hydrogen-bond acceptors (Lipinski definition) is 6. The molecule has 3 atom stereocenters. The molecular formula is C53H101N2O6P. The van der Waals surface area contributed by atoms with Crippen LogP contribution in [0.15, 0.2) is 48.6 Å². The number of phosphoric acid groups is 1. The number of nitrogens with one attached hydrogen (secondary N) is 1. The topological polar surface area (TPSA) is 108 Å². The molecule has 0 heterocycles. The molecule has 0 rings (SSSR count). The Balaban J connectivity index is 3.86. The fraction of sp³-hybridized carbons (Fsp3) is 0.830. The fourth-order valence-electron chi connectivity index (χ4n) is 7.50. The van der Waals surface area contributed by atoms with Gasteiger partial charge in [-0.3, -0.25) is 9.36 Å². The van der Waals surface area contributed by atoms with Crippen LogP contribution < -0.4 is 10.2 Å². The quantitative estimate of drug-likeness (QED) is 0.0273. The summed E-state index contributed by atoms with van der Waals surface area (Å²) in [5.41, 5.74) is 0. The number of phosphoric ester groups is 1. The molecule has 0 fully saturated rings. The lowest BCUT2D eigenvalue weighted by atomic mass is 10.0. The maximum atomic E-state index is 12.8. The molecular weight excluding hydrogens is 792 g/mol. The van der Waals surface area contributed by atoms with Gasteiger partial charge in [0, 0.05) is 6.42 Å². The van der Waals surface area contributed by atoms with Gasteiger partial charge in [-0.1, -0.05) is 223 Å². The number of hydrogen-bond donors (Lipinski definition) is 2. The van der Waals surface area contributed by atoms with Crippen molar-refractivity contribution in [2.75, 3.05) is 40.9 Å². The van der Waals surface area contributed by atoms with Gasteiger partial charge in [-0.2, -0.15) is 0 Å². The van der Waals surface area contributed by atoms with Crippen LogP contribution in [0.2, 0.25) is 0 Å². The lowest BCUT2D eigenvalue weighted by molar-refractivity contribution is -0.870. The molecule has 62 heavy (non-hydrogen) atoms. The van der Waals surface area contributed by atoms with E-state index in [4.69, 9.17) is 9.05 Å². The summed E-state index contributed by atoms with van der Waals surface area (Å²) in [5, 5.41) is 13.8. The summed E-state index contributed by atoms with van der Waals surface area (Å²) in [6.45, 7) is 4.56. The summed E-state index contributed by atoms with van der Waals surface area (Å²) in [5.74, 6) is -0.167. The Hall–Kier alpha value is -1.54. The van der Waals surface area contributed by atoms with Gasteiger partial charge in [0.05, 0.1) is 39.9 Å². The molecule has 0 saturated heterocycles. The Morgan fingerprint density at radius 2 is 0.984 bits per heavy atom. The van der Waals surface area contributed by atoms with E-state index in [-0.39, 0.29) is 19.1 Å². The van der Waals surface area contributed by atoms with Gasteiger partial charge >= 0.3 is 0 Å². The third-order valence-corrected chi connectivity index (χ3v) is 12.5. The molecule has 0 saturated carbocycles. The average molecular weight is 893 g/mol. The molecule has 0 aliphatic carbocycles. The zero-order valence-corrected chi connectivity index (χ0v) is 42.2. The normalized spacial score (nSPS) is 14.5.